The Balaban J connectivity index is 3.27. The lowest BCUT2D eigenvalue weighted by Gasteiger charge is -2.34. The van der Waals surface area contributed by atoms with Crippen LogP contribution in [0, 0.1) is 12.3 Å². The van der Waals surface area contributed by atoms with Crippen LogP contribution in [0.3, 0.4) is 0 Å². The van der Waals surface area contributed by atoms with Gasteiger partial charge in [0.15, 0.2) is 0 Å². The number of hydrogen-bond donors (Lipinski definition) is 1. The zero-order valence-electron chi connectivity index (χ0n) is 14.8. The van der Waals surface area contributed by atoms with Crippen molar-refractivity contribution in [3.63, 3.8) is 0 Å². The Hall–Kier alpha value is -1.02. The predicted octanol–water partition coefficient (Wildman–Crippen LogP) is 4.64. The van der Waals surface area contributed by atoms with Gasteiger partial charge in [0.25, 0.3) is 0 Å². The molecule has 0 aliphatic heterocycles. The Bertz CT molecular complexity index is 467. The lowest BCUT2D eigenvalue weighted by atomic mass is 9.71. The number of rotatable bonds is 6. The molecule has 0 aliphatic carbocycles. The molecule has 0 aliphatic rings. The molecule has 2 heteroatoms. The average Bonchev–Trinajstić information content (AvgIpc) is 2.32. The van der Waals surface area contributed by atoms with E-state index in [0.717, 1.165) is 25.0 Å². The third-order valence-electron chi connectivity index (χ3n) is 3.86. The zero-order chi connectivity index (χ0) is 16.3. The van der Waals surface area contributed by atoms with E-state index in [0.29, 0.717) is 0 Å². The van der Waals surface area contributed by atoms with Crippen LogP contribution in [0.4, 0.5) is 0 Å². The second kappa shape index (κ2) is 6.83. The monoisotopic (exact) mass is 292 g/mol. The summed E-state index contributed by atoms with van der Waals surface area (Å²) in [5, 5.41) is 9.05. The van der Waals surface area contributed by atoms with Gasteiger partial charge >= 0.3 is 0 Å². The molecule has 1 rings (SSSR count). The van der Waals surface area contributed by atoms with Crippen molar-refractivity contribution < 1.29 is 9.84 Å². The van der Waals surface area contributed by atoms with Crippen molar-refractivity contribution >= 4 is 0 Å². The van der Waals surface area contributed by atoms with Gasteiger partial charge in [-0.2, -0.15) is 0 Å². The highest BCUT2D eigenvalue weighted by molar-refractivity contribution is 5.48. The van der Waals surface area contributed by atoms with Crippen LogP contribution < -0.4 is 4.74 Å². The smallest absolute Gasteiger partial charge is 0.125 e. The fraction of sp³-hybridized carbons (Fsp3) is 0.684. The minimum absolute atomic E-state index is 0.0591. The van der Waals surface area contributed by atoms with Crippen molar-refractivity contribution in [3.8, 4) is 5.75 Å². The summed E-state index contributed by atoms with van der Waals surface area (Å²) in [5.41, 5.74) is 4.09. The molecule has 0 unspecified atom stereocenters. The van der Waals surface area contributed by atoms with Gasteiger partial charge in [0, 0.05) is 12.2 Å². The van der Waals surface area contributed by atoms with Gasteiger partial charge in [-0.25, -0.2) is 0 Å². The van der Waals surface area contributed by atoms with Gasteiger partial charge < -0.3 is 9.84 Å². The maximum absolute atomic E-state index is 9.05. The summed E-state index contributed by atoms with van der Waals surface area (Å²) in [6.45, 7) is 13.8. The Morgan fingerprint density at radius 3 is 2.19 bits per heavy atom. The molecule has 120 valence electrons. The number of aliphatic hydroxyl groups is 1. The third-order valence-corrected chi connectivity index (χ3v) is 3.86. The highest BCUT2D eigenvalue weighted by Crippen LogP contribution is 2.42. The van der Waals surface area contributed by atoms with Gasteiger partial charge in [-0.1, -0.05) is 46.8 Å². The molecule has 0 heterocycles. The lowest BCUT2D eigenvalue weighted by Crippen LogP contribution is -2.26. The maximum atomic E-state index is 9.05. The van der Waals surface area contributed by atoms with Crippen molar-refractivity contribution in [3.05, 3.63) is 28.8 Å². The fourth-order valence-corrected chi connectivity index (χ4v) is 3.47. The Morgan fingerprint density at radius 2 is 1.71 bits per heavy atom. The molecule has 1 N–H and O–H groups in total. The fourth-order valence-electron chi connectivity index (χ4n) is 3.47. The van der Waals surface area contributed by atoms with Crippen molar-refractivity contribution in [2.24, 2.45) is 5.41 Å². The van der Waals surface area contributed by atoms with Crippen LogP contribution in [0.5, 0.6) is 5.75 Å². The Labute approximate surface area is 130 Å². The molecule has 21 heavy (non-hydrogen) atoms. The number of aliphatic hydroxyl groups excluding tert-OH is 1. The molecule has 0 bridgehead atoms. The van der Waals surface area contributed by atoms with Crippen molar-refractivity contribution in [2.45, 2.75) is 66.2 Å². The number of methoxy groups -OCH3 is 1. The van der Waals surface area contributed by atoms with Crippen molar-refractivity contribution in [2.75, 3.05) is 13.7 Å². The summed E-state index contributed by atoms with van der Waals surface area (Å²) in [4.78, 5) is 0. The van der Waals surface area contributed by atoms with Crippen LogP contribution in [-0.4, -0.2) is 18.8 Å². The molecule has 0 spiro atoms. The van der Waals surface area contributed by atoms with E-state index >= 15 is 0 Å². The molecule has 1 aromatic carbocycles. The van der Waals surface area contributed by atoms with Gasteiger partial charge in [-0.05, 0) is 48.1 Å². The summed E-state index contributed by atoms with van der Waals surface area (Å²) in [6, 6.07) is 4.46. The van der Waals surface area contributed by atoms with E-state index in [9.17, 15) is 0 Å². The van der Waals surface area contributed by atoms with Crippen LogP contribution in [0.2, 0.25) is 0 Å². The van der Waals surface area contributed by atoms with Crippen LogP contribution in [0.25, 0.3) is 0 Å². The highest BCUT2D eigenvalue weighted by atomic mass is 16.5. The van der Waals surface area contributed by atoms with Crippen LogP contribution in [-0.2, 0) is 11.8 Å². The average molecular weight is 292 g/mol. The summed E-state index contributed by atoms with van der Waals surface area (Å²) in [6.07, 6.45) is 2.82. The third kappa shape index (κ3) is 5.03. The zero-order valence-corrected chi connectivity index (χ0v) is 14.8. The molecule has 0 fully saturated rings. The first-order valence-electron chi connectivity index (χ1n) is 7.89. The summed E-state index contributed by atoms with van der Waals surface area (Å²) < 4.78 is 5.69. The molecule has 0 saturated carbocycles. The normalized spacial score (nSPS) is 12.6. The Kier molecular flexibility index (Phi) is 5.86. The van der Waals surface area contributed by atoms with Gasteiger partial charge in [0.2, 0.25) is 0 Å². The van der Waals surface area contributed by atoms with E-state index in [4.69, 9.17) is 9.84 Å². The minimum Gasteiger partial charge on any atom is -0.496 e. The highest BCUT2D eigenvalue weighted by Gasteiger charge is 2.30. The van der Waals surface area contributed by atoms with Gasteiger partial charge in [-0.15, -0.1) is 0 Å². The van der Waals surface area contributed by atoms with Crippen molar-refractivity contribution in [1.29, 1.82) is 0 Å². The molecular weight excluding hydrogens is 260 g/mol. The number of ether oxygens (including phenoxy) is 1. The number of hydrogen-bond acceptors (Lipinski definition) is 2. The first-order chi connectivity index (χ1) is 9.60. The van der Waals surface area contributed by atoms with E-state index < -0.39 is 0 Å². The molecule has 0 amide bonds. The van der Waals surface area contributed by atoms with E-state index in [-0.39, 0.29) is 17.4 Å². The van der Waals surface area contributed by atoms with Gasteiger partial charge in [0.05, 0.1) is 7.11 Å². The van der Waals surface area contributed by atoms with Gasteiger partial charge in [0.1, 0.15) is 5.75 Å². The van der Waals surface area contributed by atoms with Crippen LogP contribution in [0.1, 0.15) is 64.2 Å². The van der Waals surface area contributed by atoms with E-state index in [2.05, 4.69) is 53.7 Å². The van der Waals surface area contributed by atoms with E-state index in [1.165, 1.54) is 16.7 Å². The standard InChI is InChI=1S/C19H32O2/c1-14-11-15(9-8-10-20)12-16(17(14)21-7)19(5,6)13-18(2,3)4/h11-12,20H,8-10,13H2,1-7H3. The predicted molar refractivity (Wildman–Crippen MR) is 90.2 cm³/mol. The summed E-state index contributed by atoms with van der Waals surface area (Å²) in [7, 11) is 1.76. The van der Waals surface area contributed by atoms with Crippen LogP contribution >= 0.6 is 0 Å². The minimum atomic E-state index is 0.0591. The Morgan fingerprint density at radius 1 is 1.10 bits per heavy atom. The molecule has 0 saturated heterocycles. The van der Waals surface area contributed by atoms with Crippen LogP contribution in [0.15, 0.2) is 12.1 Å². The second-order valence-corrected chi connectivity index (χ2v) is 7.94. The number of benzene rings is 1. The molecule has 1 aromatic rings. The molecule has 0 radical (unpaired) electrons. The summed E-state index contributed by atoms with van der Waals surface area (Å²) >= 11 is 0. The van der Waals surface area contributed by atoms with Crippen molar-refractivity contribution in [1.82, 2.24) is 0 Å². The van der Waals surface area contributed by atoms with Gasteiger partial charge in [-0.3, -0.25) is 0 Å². The first kappa shape index (κ1) is 18.0. The number of aryl methyl sites for hydroxylation is 2. The van der Waals surface area contributed by atoms with E-state index in [1.54, 1.807) is 7.11 Å². The topological polar surface area (TPSA) is 29.5 Å². The maximum Gasteiger partial charge on any atom is 0.125 e. The molecule has 2 nitrogen and oxygen atoms in total. The quantitative estimate of drug-likeness (QED) is 0.827. The molecular formula is C19H32O2. The lowest BCUT2D eigenvalue weighted by molar-refractivity contribution is 0.276. The second-order valence-electron chi connectivity index (χ2n) is 7.94. The molecule has 0 aromatic heterocycles. The van der Waals surface area contributed by atoms with E-state index in [1.807, 2.05) is 0 Å². The summed E-state index contributed by atoms with van der Waals surface area (Å²) in [5.74, 6) is 1.01. The largest absolute Gasteiger partial charge is 0.496 e. The first-order valence-corrected chi connectivity index (χ1v) is 7.89. The molecule has 0 atom stereocenters. The SMILES string of the molecule is COc1c(C)cc(CCCO)cc1C(C)(C)CC(C)(C)C.